The summed E-state index contributed by atoms with van der Waals surface area (Å²) < 4.78 is 8.13. The van der Waals surface area contributed by atoms with Crippen molar-refractivity contribution in [2.24, 2.45) is 0 Å². The van der Waals surface area contributed by atoms with E-state index in [1.165, 1.54) is 0 Å². The number of hydrogen-bond donors (Lipinski definition) is 3. The lowest BCUT2D eigenvalue weighted by Crippen LogP contribution is -2.44. The highest BCUT2D eigenvalue weighted by atomic mass is 32.1. The van der Waals surface area contributed by atoms with Gasteiger partial charge in [-0.1, -0.05) is 0 Å². The summed E-state index contributed by atoms with van der Waals surface area (Å²) in [6.07, 6.45) is 1.63. The first kappa shape index (κ1) is 17.2. The van der Waals surface area contributed by atoms with Crippen molar-refractivity contribution in [1.29, 1.82) is 0 Å². The van der Waals surface area contributed by atoms with Crippen molar-refractivity contribution < 1.29 is 14.6 Å². The number of aliphatic hydroxyl groups excluding tert-OH is 1. The number of nitrogens with zero attached hydrogens (tertiary/aromatic N) is 3. The van der Waals surface area contributed by atoms with Crippen LogP contribution in [-0.4, -0.2) is 50.5 Å². The lowest BCUT2D eigenvalue weighted by atomic mass is 9.79. The minimum Gasteiger partial charge on any atom is -0.388 e. The lowest BCUT2D eigenvalue weighted by Gasteiger charge is -2.35. The molecule has 3 N–H and O–H groups in total. The third kappa shape index (κ3) is 3.13. The third-order valence-corrected chi connectivity index (χ3v) is 5.70. The number of thiophene rings is 1. The molecule has 0 bridgehead atoms. The molecule has 26 heavy (non-hydrogen) atoms. The average Bonchev–Trinajstić information content (AvgIpc) is 3.29. The predicted molar refractivity (Wildman–Crippen MR) is 97.2 cm³/mol. The fourth-order valence-corrected chi connectivity index (χ4v) is 4.16. The molecule has 0 spiro atoms. The van der Waals surface area contributed by atoms with Gasteiger partial charge >= 0.3 is 0 Å². The van der Waals surface area contributed by atoms with E-state index < -0.39 is 0 Å². The first-order chi connectivity index (χ1) is 12.7. The van der Waals surface area contributed by atoms with Crippen LogP contribution >= 0.6 is 11.3 Å². The quantitative estimate of drug-likeness (QED) is 0.582. The first-order valence-electron chi connectivity index (χ1n) is 8.58. The van der Waals surface area contributed by atoms with E-state index in [1.54, 1.807) is 18.4 Å². The molecule has 8 nitrogen and oxygen atoms in total. The summed E-state index contributed by atoms with van der Waals surface area (Å²) in [5.74, 6) is 1.57. The Kier molecular flexibility index (Phi) is 4.75. The van der Waals surface area contributed by atoms with E-state index in [-0.39, 0.29) is 24.5 Å². The van der Waals surface area contributed by atoms with Gasteiger partial charge in [0.05, 0.1) is 16.8 Å². The summed E-state index contributed by atoms with van der Waals surface area (Å²) in [5, 5.41) is 22.8. The van der Waals surface area contributed by atoms with Gasteiger partial charge < -0.3 is 24.7 Å². The molecule has 1 aliphatic rings. The first-order valence-corrected chi connectivity index (χ1v) is 9.46. The monoisotopic (exact) mass is 375 g/mol. The van der Waals surface area contributed by atoms with Crippen LogP contribution in [0.15, 0.2) is 17.5 Å². The van der Waals surface area contributed by atoms with Crippen LogP contribution in [0, 0.1) is 0 Å². The van der Waals surface area contributed by atoms with E-state index in [1.807, 2.05) is 22.1 Å². The minimum atomic E-state index is -0.145. The smallest absolute Gasteiger partial charge is 0.267 e. The van der Waals surface area contributed by atoms with Gasteiger partial charge in [-0.2, -0.15) is 0 Å². The topological polar surface area (TPSA) is 105 Å². The maximum atomic E-state index is 12.4. The molecule has 1 amide bonds. The van der Waals surface area contributed by atoms with Crippen LogP contribution in [0.5, 0.6) is 0 Å². The summed E-state index contributed by atoms with van der Waals surface area (Å²) in [6, 6.07) is 3.99. The summed E-state index contributed by atoms with van der Waals surface area (Å²) >= 11 is 1.61. The zero-order valence-corrected chi connectivity index (χ0v) is 15.3. The SMILES string of the molecule is COCCn1c(CO)nnc1C1CC(NC(=O)c2cc3sccc3[nH]2)C1. The van der Waals surface area contributed by atoms with Crippen LogP contribution in [0.4, 0.5) is 0 Å². The Hall–Kier alpha value is -2.23. The highest BCUT2D eigenvalue weighted by molar-refractivity contribution is 7.17. The van der Waals surface area contributed by atoms with Gasteiger partial charge in [-0.15, -0.1) is 21.5 Å². The van der Waals surface area contributed by atoms with Crippen molar-refractivity contribution in [2.45, 2.75) is 38.0 Å². The average molecular weight is 375 g/mol. The van der Waals surface area contributed by atoms with Gasteiger partial charge in [-0.3, -0.25) is 4.79 Å². The number of H-pyrrole nitrogens is 1. The number of fused-ring (bicyclic) bond motifs is 1. The second-order valence-electron chi connectivity index (χ2n) is 6.50. The van der Waals surface area contributed by atoms with E-state index in [4.69, 9.17) is 4.74 Å². The van der Waals surface area contributed by atoms with Crippen LogP contribution in [0.2, 0.25) is 0 Å². The Morgan fingerprint density at radius 2 is 2.35 bits per heavy atom. The normalized spacial score (nSPS) is 19.6. The van der Waals surface area contributed by atoms with Gasteiger partial charge in [0.15, 0.2) is 5.82 Å². The van der Waals surface area contributed by atoms with Gasteiger partial charge in [0.2, 0.25) is 0 Å². The van der Waals surface area contributed by atoms with Crippen molar-refractivity contribution in [3.8, 4) is 0 Å². The number of hydrogen-bond acceptors (Lipinski definition) is 6. The maximum Gasteiger partial charge on any atom is 0.267 e. The van der Waals surface area contributed by atoms with Crippen LogP contribution in [-0.2, 0) is 17.9 Å². The predicted octanol–water partition coefficient (Wildman–Crippen LogP) is 1.64. The summed E-state index contributed by atoms with van der Waals surface area (Å²) in [6.45, 7) is 1.00. The largest absolute Gasteiger partial charge is 0.388 e. The van der Waals surface area contributed by atoms with Crippen molar-refractivity contribution in [2.75, 3.05) is 13.7 Å². The number of methoxy groups -OCH3 is 1. The summed E-state index contributed by atoms with van der Waals surface area (Å²) in [5.41, 5.74) is 1.59. The molecule has 0 saturated heterocycles. The molecule has 1 saturated carbocycles. The fraction of sp³-hybridized carbons (Fsp3) is 0.471. The Labute approximate surface area is 154 Å². The van der Waals surface area contributed by atoms with Crippen molar-refractivity contribution >= 4 is 27.5 Å². The third-order valence-electron chi connectivity index (χ3n) is 4.84. The maximum absolute atomic E-state index is 12.4. The molecule has 0 aromatic carbocycles. The minimum absolute atomic E-state index is 0.0752. The van der Waals surface area contributed by atoms with E-state index in [2.05, 4.69) is 20.5 Å². The standard InChI is InChI=1S/C17H21N5O3S/c1-25-4-3-22-15(9-23)20-21-16(22)10-6-11(7-10)18-17(24)13-8-14-12(19-13)2-5-26-14/h2,5,8,10-11,19,23H,3-4,6-7,9H2,1H3,(H,18,24). The molecule has 3 aromatic rings. The van der Waals surface area contributed by atoms with Gasteiger partial charge in [-0.05, 0) is 30.4 Å². The van der Waals surface area contributed by atoms with Crippen molar-refractivity contribution in [3.63, 3.8) is 0 Å². The molecule has 1 aliphatic carbocycles. The highest BCUT2D eigenvalue weighted by Crippen LogP contribution is 2.36. The Balaban J connectivity index is 1.37. The number of aromatic nitrogens is 4. The lowest BCUT2D eigenvalue weighted by molar-refractivity contribution is 0.0902. The number of rotatable bonds is 7. The number of nitrogens with one attached hydrogen (secondary N) is 2. The zero-order chi connectivity index (χ0) is 18.1. The molecule has 1 fully saturated rings. The van der Waals surface area contributed by atoms with E-state index >= 15 is 0 Å². The molecule has 0 atom stereocenters. The Morgan fingerprint density at radius 1 is 1.50 bits per heavy atom. The van der Waals surface area contributed by atoms with Gasteiger partial charge in [-0.25, -0.2) is 0 Å². The molecule has 4 rings (SSSR count). The van der Waals surface area contributed by atoms with Gasteiger partial charge in [0.1, 0.15) is 18.1 Å². The van der Waals surface area contributed by atoms with Crippen molar-refractivity contribution in [1.82, 2.24) is 25.1 Å². The number of ether oxygens (including phenoxy) is 1. The van der Waals surface area contributed by atoms with Gasteiger partial charge in [0.25, 0.3) is 5.91 Å². The summed E-state index contributed by atoms with van der Waals surface area (Å²) in [4.78, 5) is 15.5. The molecule has 0 unspecified atom stereocenters. The zero-order valence-electron chi connectivity index (χ0n) is 14.4. The van der Waals surface area contributed by atoms with E-state index in [0.29, 0.717) is 24.7 Å². The van der Waals surface area contributed by atoms with Crippen LogP contribution in [0.25, 0.3) is 10.2 Å². The molecule has 3 heterocycles. The number of aromatic amines is 1. The number of carbonyl (C=O) groups excluding carboxylic acids is 1. The molecular weight excluding hydrogens is 354 g/mol. The number of carbonyl (C=O) groups is 1. The molecule has 0 aliphatic heterocycles. The van der Waals surface area contributed by atoms with Crippen molar-refractivity contribution in [3.05, 3.63) is 34.9 Å². The highest BCUT2D eigenvalue weighted by Gasteiger charge is 2.35. The number of aliphatic hydroxyl groups is 1. The second kappa shape index (κ2) is 7.18. The molecular formula is C17H21N5O3S. The van der Waals surface area contributed by atoms with E-state index in [9.17, 15) is 9.90 Å². The van der Waals surface area contributed by atoms with Crippen LogP contribution in [0.1, 0.15) is 40.9 Å². The molecule has 3 aromatic heterocycles. The fourth-order valence-electron chi connectivity index (χ4n) is 3.37. The van der Waals surface area contributed by atoms with Gasteiger partial charge in [0, 0.05) is 25.6 Å². The second-order valence-corrected chi connectivity index (χ2v) is 7.44. The molecule has 9 heteroatoms. The van der Waals surface area contributed by atoms with E-state index in [0.717, 1.165) is 28.9 Å². The summed E-state index contributed by atoms with van der Waals surface area (Å²) in [7, 11) is 1.64. The Bertz CT molecular complexity index is 880. The van der Waals surface area contributed by atoms with Crippen LogP contribution in [0.3, 0.4) is 0 Å². The molecule has 0 radical (unpaired) electrons. The molecule has 138 valence electrons. The Morgan fingerprint density at radius 3 is 3.08 bits per heavy atom. The van der Waals surface area contributed by atoms with Crippen LogP contribution < -0.4 is 5.32 Å². The number of amides is 1.